The molecule has 0 radical (unpaired) electrons. The van der Waals surface area contributed by atoms with Gasteiger partial charge in [-0.2, -0.15) is 0 Å². The number of halogens is 2. The van der Waals surface area contributed by atoms with Crippen LogP contribution >= 0.6 is 50.6 Å². The molecule has 0 fully saturated rings. The van der Waals surface area contributed by atoms with E-state index < -0.39 is 0 Å². The van der Waals surface area contributed by atoms with E-state index in [0.29, 0.717) is 0 Å². The molecule has 0 aliphatic carbocycles. The molecule has 2 aromatic carbocycles. The highest BCUT2D eigenvalue weighted by atomic mass is 79.9. The van der Waals surface area contributed by atoms with Gasteiger partial charge in [-0.05, 0) is 76.9 Å². The second kappa shape index (κ2) is 7.67. The first-order valence-corrected chi connectivity index (χ1v) is 9.74. The van der Waals surface area contributed by atoms with Crippen molar-refractivity contribution < 1.29 is 0 Å². The van der Waals surface area contributed by atoms with E-state index in [1.807, 2.05) is 36.5 Å². The molecule has 0 N–H and O–H groups in total. The van der Waals surface area contributed by atoms with Gasteiger partial charge < -0.3 is 0 Å². The number of nitrogens with zero attached hydrogens (tertiary/aromatic N) is 1. The van der Waals surface area contributed by atoms with Crippen molar-refractivity contribution in [3.05, 3.63) is 74.5 Å². The van der Waals surface area contributed by atoms with Gasteiger partial charge in [0.15, 0.2) is 0 Å². The molecule has 5 heteroatoms. The Morgan fingerprint density at radius 3 is 2.61 bits per heavy atom. The lowest BCUT2D eigenvalue weighted by Crippen LogP contribution is -1.75. The van der Waals surface area contributed by atoms with Crippen LogP contribution in [0.2, 0.25) is 5.02 Å². The summed E-state index contributed by atoms with van der Waals surface area (Å²) in [7, 11) is 0. The molecule has 23 heavy (non-hydrogen) atoms. The van der Waals surface area contributed by atoms with E-state index in [1.165, 1.54) is 14.7 Å². The molecular weight excluding hydrogens is 410 g/mol. The lowest BCUT2D eigenvalue weighted by molar-refractivity contribution is 1.41. The molecular formula is C18H13BrClNS2. The zero-order valence-corrected chi connectivity index (χ0v) is 16.3. The standard InChI is InChI=1S/C18H13BrClNS2/c1-12-2-8-17(16(19)10-12)21-11-15-7-9-18(23-15)22-14-5-3-13(20)4-6-14/h2-11H,1H3. The van der Waals surface area contributed by atoms with Crippen molar-refractivity contribution in [3.63, 3.8) is 0 Å². The maximum atomic E-state index is 5.91. The van der Waals surface area contributed by atoms with E-state index in [2.05, 4.69) is 52.1 Å². The van der Waals surface area contributed by atoms with Crippen LogP contribution in [-0.4, -0.2) is 6.21 Å². The molecule has 1 nitrogen and oxygen atoms in total. The Balaban J connectivity index is 1.71. The Bertz CT molecular complexity index is 840. The monoisotopic (exact) mass is 421 g/mol. The fourth-order valence-electron chi connectivity index (χ4n) is 1.93. The van der Waals surface area contributed by atoms with Gasteiger partial charge in [0.2, 0.25) is 0 Å². The fraction of sp³-hybridized carbons (Fsp3) is 0.0556. The van der Waals surface area contributed by atoms with Crippen LogP contribution in [0.1, 0.15) is 10.4 Å². The van der Waals surface area contributed by atoms with Gasteiger partial charge in [-0.1, -0.05) is 29.4 Å². The molecule has 0 bridgehead atoms. The van der Waals surface area contributed by atoms with Crippen LogP contribution in [0.15, 0.2) is 73.2 Å². The molecule has 3 aromatic rings. The van der Waals surface area contributed by atoms with Crippen LogP contribution in [-0.2, 0) is 0 Å². The highest BCUT2D eigenvalue weighted by molar-refractivity contribution is 9.10. The third-order valence-electron chi connectivity index (χ3n) is 3.07. The fourth-order valence-corrected chi connectivity index (χ4v) is 4.64. The number of rotatable bonds is 4. The van der Waals surface area contributed by atoms with E-state index in [9.17, 15) is 0 Å². The minimum Gasteiger partial charge on any atom is -0.254 e. The summed E-state index contributed by atoms with van der Waals surface area (Å²) < 4.78 is 2.25. The number of benzene rings is 2. The highest BCUT2D eigenvalue weighted by Crippen LogP contribution is 2.34. The normalized spacial score (nSPS) is 11.3. The highest BCUT2D eigenvalue weighted by Gasteiger charge is 2.02. The average Bonchev–Trinajstić information content (AvgIpc) is 2.96. The summed E-state index contributed by atoms with van der Waals surface area (Å²) in [5.41, 5.74) is 2.16. The first kappa shape index (κ1) is 16.8. The zero-order chi connectivity index (χ0) is 16.2. The first-order valence-electron chi connectivity index (χ1n) is 6.94. The molecule has 0 amide bonds. The Hall–Kier alpha value is -1.07. The predicted molar refractivity (Wildman–Crippen MR) is 106 cm³/mol. The van der Waals surface area contributed by atoms with Crippen molar-refractivity contribution in [3.8, 4) is 0 Å². The maximum absolute atomic E-state index is 5.91. The Morgan fingerprint density at radius 1 is 1.09 bits per heavy atom. The number of hydrogen-bond acceptors (Lipinski definition) is 3. The Morgan fingerprint density at radius 2 is 1.87 bits per heavy atom. The molecule has 1 heterocycles. The van der Waals surface area contributed by atoms with Crippen LogP contribution in [0.25, 0.3) is 0 Å². The lowest BCUT2D eigenvalue weighted by atomic mass is 10.2. The third-order valence-corrected chi connectivity index (χ3v) is 6.11. The molecule has 0 unspecified atom stereocenters. The van der Waals surface area contributed by atoms with E-state index in [4.69, 9.17) is 11.6 Å². The maximum Gasteiger partial charge on any atom is 0.0772 e. The van der Waals surface area contributed by atoms with Crippen molar-refractivity contribution in [2.75, 3.05) is 0 Å². The van der Waals surface area contributed by atoms with Gasteiger partial charge >= 0.3 is 0 Å². The summed E-state index contributed by atoms with van der Waals surface area (Å²) in [5.74, 6) is 0. The molecule has 1 aromatic heterocycles. The number of thiophene rings is 1. The van der Waals surface area contributed by atoms with Crippen molar-refractivity contribution >= 4 is 62.5 Å². The van der Waals surface area contributed by atoms with Gasteiger partial charge in [-0.25, -0.2) is 0 Å². The Kier molecular flexibility index (Phi) is 5.59. The lowest BCUT2D eigenvalue weighted by Gasteiger charge is -1.99. The van der Waals surface area contributed by atoms with Crippen molar-refractivity contribution in [1.29, 1.82) is 0 Å². The summed E-state index contributed by atoms with van der Waals surface area (Å²) >= 11 is 12.9. The summed E-state index contributed by atoms with van der Waals surface area (Å²) in [6.07, 6.45) is 1.91. The van der Waals surface area contributed by atoms with Gasteiger partial charge in [-0.15, -0.1) is 11.3 Å². The molecule has 116 valence electrons. The van der Waals surface area contributed by atoms with Crippen LogP contribution in [0.5, 0.6) is 0 Å². The van der Waals surface area contributed by atoms with Crippen molar-refractivity contribution in [1.82, 2.24) is 0 Å². The van der Waals surface area contributed by atoms with Crippen molar-refractivity contribution in [2.45, 2.75) is 16.0 Å². The molecule has 0 aliphatic rings. The third kappa shape index (κ3) is 4.70. The predicted octanol–water partition coefficient (Wildman–Crippen LogP) is 7.37. The smallest absolute Gasteiger partial charge is 0.0772 e. The SMILES string of the molecule is Cc1ccc(N=Cc2ccc(Sc3ccc(Cl)cc3)s2)c(Br)c1. The number of hydrogen-bond donors (Lipinski definition) is 0. The summed E-state index contributed by atoms with van der Waals surface area (Å²) in [6, 6.07) is 18.3. The quantitative estimate of drug-likeness (QED) is 0.400. The Labute approximate surface area is 157 Å². The summed E-state index contributed by atoms with van der Waals surface area (Å²) in [6.45, 7) is 2.07. The molecule has 0 saturated heterocycles. The van der Waals surface area contributed by atoms with E-state index in [1.54, 1.807) is 23.1 Å². The molecule has 0 saturated carbocycles. The van der Waals surface area contributed by atoms with Crippen LogP contribution < -0.4 is 0 Å². The van der Waals surface area contributed by atoms with Gasteiger partial charge in [0.25, 0.3) is 0 Å². The molecule has 3 rings (SSSR count). The first-order chi connectivity index (χ1) is 11.1. The van der Waals surface area contributed by atoms with Gasteiger partial charge in [0.1, 0.15) is 0 Å². The van der Waals surface area contributed by atoms with Gasteiger partial charge in [0.05, 0.1) is 9.90 Å². The number of aliphatic imine (C=N–C) groups is 1. The van der Waals surface area contributed by atoms with Crippen LogP contribution in [0.4, 0.5) is 5.69 Å². The topological polar surface area (TPSA) is 12.4 Å². The minimum atomic E-state index is 0.761. The van der Waals surface area contributed by atoms with Crippen molar-refractivity contribution in [2.24, 2.45) is 4.99 Å². The van der Waals surface area contributed by atoms with E-state index in [-0.39, 0.29) is 0 Å². The summed E-state index contributed by atoms with van der Waals surface area (Å²) in [4.78, 5) is 6.88. The molecule has 0 atom stereocenters. The minimum absolute atomic E-state index is 0.761. The van der Waals surface area contributed by atoms with E-state index in [0.717, 1.165) is 20.1 Å². The van der Waals surface area contributed by atoms with Crippen LogP contribution in [0.3, 0.4) is 0 Å². The molecule has 0 spiro atoms. The largest absolute Gasteiger partial charge is 0.254 e. The van der Waals surface area contributed by atoms with Gasteiger partial charge in [-0.3, -0.25) is 4.99 Å². The van der Waals surface area contributed by atoms with Crippen LogP contribution in [0, 0.1) is 6.92 Å². The second-order valence-electron chi connectivity index (χ2n) is 4.93. The van der Waals surface area contributed by atoms with Gasteiger partial charge in [0, 0.05) is 25.5 Å². The summed E-state index contributed by atoms with van der Waals surface area (Å²) in [5, 5.41) is 0.761. The second-order valence-corrected chi connectivity index (χ2v) is 8.71. The number of aryl methyl sites for hydroxylation is 1. The average molecular weight is 423 g/mol. The zero-order valence-electron chi connectivity index (χ0n) is 12.3. The van der Waals surface area contributed by atoms with E-state index >= 15 is 0 Å². The molecule has 0 aliphatic heterocycles.